The molecule has 1 N–H and O–H groups in total. The minimum atomic E-state index is -0.481. The number of ether oxygens (including phenoxy) is 2. The first-order valence-corrected chi connectivity index (χ1v) is 9.73. The van der Waals surface area contributed by atoms with Gasteiger partial charge in [0.25, 0.3) is 11.8 Å². The molecule has 8 heteroatoms. The summed E-state index contributed by atoms with van der Waals surface area (Å²) in [6.07, 6.45) is 0. The fourth-order valence-electron chi connectivity index (χ4n) is 2.89. The lowest BCUT2D eigenvalue weighted by Crippen LogP contribution is -2.31. The minimum absolute atomic E-state index is 0.124. The van der Waals surface area contributed by atoms with E-state index in [2.05, 4.69) is 0 Å². The quantitative estimate of drug-likeness (QED) is 0.693. The lowest BCUT2D eigenvalue weighted by atomic mass is 10.1. The van der Waals surface area contributed by atoms with E-state index in [9.17, 15) is 14.7 Å². The van der Waals surface area contributed by atoms with Crippen molar-refractivity contribution in [1.82, 2.24) is 0 Å². The van der Waals surface area contributed by atoms with Crippen LogP contribution in [0.4, 0.5) is 5.69 Å². The van der Waals surface area contributed by atoms with Crippen LogP contribution in [0.2, 0.25) is 5.02 Å². The Morgan fingerprint density at radius 3 is 2.39 bits per heavy atom. The van der Waals surface area contributed by atoms with Gasteiger partial charge in [0.05, 0.1) is 42.0 Å². The van der Waals surface area contributed by atoms with Crippen molar-refractivity contribution in [2.45, 2.75) is 0 Å². The van der Waals surface area contributed by atoms with Crippen molar-refractivity contribution in [2.75, 3.05) is 31.5 Å². The number of carbonyl (C=O) groups excluding carboxylic acids is 2. The van der Waals surface area contributed by atoms with E-state index < -0.39 is 11.8 Å². The average molecular weight is 420 g/mol. The van der Waals surface area contributed by atoms with Crippen LogP contribution in [0.5, 0.6) is 11.5 Å². The normalized spacial score (nSPS) is 14.1. The second kappa shape index (κ2) is 8.68. The number of rotatable bonds is 7. The summed E-state index contributed by atoms with van der Waals surface area (Å²) in [6.45, 7) is -0.124. The van der Waals surface area contributed by atoms with Gasteiger partial charge >= 0.3 is 0 Å². The largest absolute Gasteiger partial charge is 0.493 e. The van der Waals surface area contributed by atoms with Gasteiger partial charge in [0.2, 0.25) is 0 Å². The number of aliphatic hydroxyl groups excluding tert-OH is 1. The highest BCUT2D eigenvalue weighted by molar-refractivity contribution is 8.04. The van der Waals surface area contributed by atoms with Crippen LogP contribution in [0.15, 0.2) is 47.4 Å². The van der Waals surface area contributed by atoms with E-state index in [0.717, 1.165) is 16.7 Å². The molecule has 0 atom stereocenters. The molecule has 0 unspecified atom stereocenters. The van der Waals surface area contributed by atoms with Gasteiger partial charge in [-0.25, -0.2) is 4.90 Å². The number of carbonyl (C=O) groups is 2. The molecule has 0 aliphatic carbocycles. The van der Waals surface area contributed by atoms with Crippen LogP contribution in [0.3, 0.4) is 0 Å². The molecule has 1 aliphatic rings. The molecule has 0 radical (unpaired) electrons. The number of anilines is 1. The summed E-state index contributed by atoms with van der Waals surface area (Å²) in [5, 5.41) is 9.50. The smallest absolute Gasteiger partial charge is 0.272 e. The van der Waals surface area contributed by atoms with Gasteiger partial charge in [-0.05, 0) is 29.8 Å². The summed E-state index contributed by atoms with van der Waals surface area (Å²) < 4.78 is 10.6. The minimum Gasteiger partial charge on any atom is -0.493 e. The van der Waals surface area contributed by atoms with E-state index in [1.165, 1.54) is 14.2 Å². The third-order valence-corrected chi connectivity index (χ3v) is 5.52. The van der Waals surface area contributed by atoms with E-state index in [1.807, 2.05) is 0 Å². The molecule has 28 heavy (non-hydrogen) atoms. The Bertz CT molecular complexity index is 959. The van der Waals surface area contributed by atoms with E-state index >= 15 is 0 Å². The van der Waals surface area contributed by atoms with Crippen LogP contribution in [0, 0.1) is 0 Å². The molecule has 6 nitrogen and oxygen atoms in total. The van der Waals surface area contributed by atoms with Crippen molar-refractivity contribution in [3.8, 4) is 11.5 Å². The fraction of sp³-hybridized carbons (Fsp3) is 0.200. The van der Waals surface area contributed by atoms with Crippen LogP contribution < -0.4 is 14.4 Å². The molecule has 3 rings (SSSR count). The number of imide groups is 1. The molecule has 2 amide bonds. The molecule has 0 aromatic heterocycles. The highest BCUT2D eigenvalue weighted by atomic mass is 35.5. The van der Waals surface area contributed by atoms with Gasteiger partial charge < -0.3 is 14.6 Å². The Morgan fingerprint density at radius 1 is 1.04 bits per heavy atom. The predicted molar refractivity (Wildman–Crippen MR) is 110 cm³/mol. The maximum absolute atomic E-state index is 13.2. The summed E-state index contributed by atoms with van der Waals surface area (Å²) in [6, 6.07) is 11.7. The summed E-state index contributed by atoms with van der Waals surface area (Å²) >= 11 is 7.35. The summed E-state index contributed by atoms with van der Waals surface area (Å²) in [5.74, 6) is 0.278. The SMILES string of the molecule is COc1ccc(C2=C(SCCO)C(=O)N(c3ccccc3Cl)C2=O)cc1OC. The van der Waals surface area contributed by atoms with Gasteiger partial charge in [0.1, 0.15) is 0 Å². The topological polar surface area (TPSA) is 76.1 Å². The zero-order chi connectivity index (χ0) is 20.3. The Balaban J connectivity index is 2.12. The molecule has 2 aromatic rings. The van der Waals surface area contributed by atoms with Crippen LogP contribution >= 0.6 is 23.4 Å². The van der Waals surface area contributed by atoms with Crippen molar-refractivity contribution in [3.63, 3.8) is 0 Å². The van der Waals surface area contributed by atoms with Gasteiger partial charge in [-0.1, -0.05) is 29.8 Å². The summed E-state index contributed by atoms with van der Waals surface area (Å²) in [5.41, 5.74) is 1.08. The van der Waals surface area contributed by atoms with Gasteiger partial charge in [0.15, 0.2) is 11.5 Å². The molecule has 0 saturated heterocycles. The van der Waals surface area contributed by atoms with E-state index in [-0.39, 0.29) is 22.8 Å². The van der Waals surface area contributed by atoms with Crippen molar-refractivity contribution in [3.05, 3.63) is 58.0 Å². The number of nitrogens with zero attached hydrogens (tertiary/aromatic N) is 1. The van der Waals surface area contributed by atoms with Crippen molar-refractivity contribution >= 4 is 46.4 Å². The Morgan fingerprint density at radius 2 is 1.75 bits per heavy atom. The lowest BCUT2D eigenvalue weighted by molar-refractivity contribution is -0.119. The zero-order valence-corrected chi connectivity index (χ0v) is 16.8. The van der Waals surface area contributed by atoms with Crippen LogP contribution in [-0.2, 0) is 9.59 Å². The Hall–Kier alpha value is -2.48. The van der Waals surface area contributed by atoms with Crippen molar-refractivity contribution < 1.29 is 24.2 Å². The van der Waals surface area contributed by atoms with Gasteiger partial charge in [-0.3, -0.25) is 9.59 Å². The molecule has 1 aliphatic heterocycles. The first kappa shape index (κ1) is 20.3. The maximum atomic E-state index is 13.2. The highest BCUT2D eigenvalue weighted by Crippen LogP contribution is 2.42. The molecular weight excluding hydrogens is 402 g/mol. The van der Waals surface area contributed by atoms with Crippen molar-refractivity contribution in [1.29, 1.82) is 0 Å². The van der Waals surface area contributed by atoms with Crippen molar-refractivity contribution in [2.24, 2.45) is 0 Å². The lowest BCUT2D eigenvalue weighted by Gasteiger charge is -2.16. The number of hydrogen-bond donors (Lipinski definition) is 1. The number of hydrogen-bond acceptors (Lipinski definition) is 6. The van der Waals surface area contributed by atoms with Crippen LogP contribution in [-0.4, -0.2) is 43.5 Å². The molecule has 0 saturated carbocycles. The second-order valence-electron chi connectivity index (χ2n) is 5.74. The third kappa shape index (κ3) is 3.61. The monoisotopic (exact) mass is 419 g/mol. The Labute approximate surface area is 171 Å². The first-order valence-electron chi connectivity index (χ1n) is 8.37. The molecule has 146 valence electrons. The second-order valence-corrected chi connectivity index (χ2v) is 7.26. The molecule has 0 spiro atoms. The standard InChI is InChI=1S/C20H18ClNO5S/c1-26-15-8-7-12(11-16(15)27-2)17-18(28-10-9-23)20(25)22(19(17)24)14-6-4-3-5-13(14)21/h3-8,11,23H,9-10H2,1-2H3. The summed E-state index contributed by atoms with van der Waals surface area (Å²) in [7, 11) is 3.01. The molecular formula is C20H18ClNO5S. The number of amides is 2. The van der Waals surface area contributed by atoms with E-state index in [4.69, 9.17) is 21.1 Å². The van der Waals surface area contributed by atoms with Crippen LogP contribution in [0.1, 0.15) is 5.56 Å². The number of para-hydroxylation sites is 1. The van der Waals surface area contributed by atoms with Gasteiger partial charge in [0, 0.05) is 5.75 Å². The Kier molecular flexibility index (Phi) is 6.28. The van der Waals surface area contributed by atoms with Gasteiger partial charge in [-0.15, -0.1) is 11.8 Å². The highest BCUT2D eigenvalue weighted by Gasteiger charge is 2.41. The number of aliphatic hydroxyl groups is 1. The summed E-state index contributed by atoms with van der Waals surface area (Å²) in [4.78, 5) is 27.6. The number of halogens is 1. The fourth-order valence-corrected chi connectivity index (χ4v) is 3.97. The van der Waals surface area contributed by atoms with Crippen LogP contribution in [0.25, 0.3) is 5.57 Å². The molecule has 1 heterocycles. The third-order valence-electron chi connectivity index (χ3n) is 4.14. The number of thioether (sulfide) groups is 1. The molecule has 0 fully saturated rings. The first-order chi connectivity index (χ1) is 13.5. The average Bonchev–Trinajstić information content (AvgIpc) is 2.95. The molecule has 2 aromatic carbocycles. The zero-order valence-electron chi connectivity index (χ0n) is 15.3. The van der Waals surface area contributed by atoms with E-state index in [1.54, 1.807) is 42.5 Å². The molecule has 0 bridgehead atoms. The maximum Gasteiger partial charge on any atom is 0.272 e. The van der Waals surface area contributed by atoms with E-state index in [0.29, 0.717) is 27.8 Å². The number of benzene rings is 2. The predicted octanol–water partition coefficient (Wildman–Crippen LogP) is 3.37. The number of methoxy groups -OCH3 is 2. The van der Waals surface area contributed by atoms with Gasteiger partial charge in [-0.2, -0.15) is 0 Å².